The molecule has 0 fully saturated rings. The van der Waals surface area contributed by atoms with Crippen LogP contribution in [0.1, 0.15) is 15.9 Å². The largest absolute Gasteiger partial charge is 0.379 e. The number of thiophene rings is 1. The summed E-state index contributed by atoms with van der Waals surface area (Å²) in [5, 5.41) is 6.86. The minimum absolute atomic E-state index is 0.285. The molecule has 0 spiro atoms. The predicted octanol–water partition coefficient (Wildman–Crippen LogP) is 2.60. The molecular weight excluding hydrogens is 239 g/mol. The number of nitrogens with two attached hydrogens (primary N) is 1. The first-order valence-electron chi connectivity index (χ1n) is 5.01. The van der Waals surface area contributed by atoms with Crippen LogP contribution in [0.3, 0.4) is 0 Å². The Labute approximate surface area is 102 Å². The molecule has 3 nitrogen and oxygen atoms in total. The summed E-state index contributed by atoms with van der Waals surface area (Å²) in [7, 11) is 0. The molecule has 0 atom stereocenters. The van der Waals surface area contributed by atoms with Gasteiger partial charge < -0.3 is 11.1 Å². The summed E-state index contributed by atoms with van der Waals surface area (Å²) < 4.78 is 13.4. The second kappa shape index (κ2) is 4.97. The van der Waals surface area contributed by atoms with Crippen molar-refractivity contribution in [3.8, 4) is 0 Å². The molecule has 5 heteroatoms. The fourth-order valence-electron chi connectivity index (χ4n) is 1.40. The van der Waals surface area contributed by atoms with Crippen molar-refractivity contribution in [2.24, 2.45) is 5.73 Å². The first kappa shape index (κ1) is 11.6. The van der Waals surface area contributed by atoms with Gasteiger partial charge >= 0.3 is 0 Å². The van der Waals surface area contributed by atoms with E-state index in [4.69, 9.17) is 5.73 Å². The minimum atomic E-state index is -0.566. The number of benzene rings is 1. The lowest BCUT2D eigenvalue weighted by molar-refractivity contribution is 0.100. The molecule has 0 saturated carbocycles. The number of hydrogen-bond donors (Lipinski definition) is 2. The molecule has 0 radical (unpaired) electrons. The van der Waals surface area contributed by atoms with Gasteiger partial charge in [-0.1, -0.05) is 0 Å². The number of halogens is 1. The minimum Gasteiger partial charge on any atom is -0.379 e. The average Bonchev–Trinajstić information content (AvgIpc) is 2.80. The molecule has 88 valence electrons. The highest BCUT2D eigenvalue weighted by molar-refractivity contribution is 7.07. The number of primary amides is 1. The number of nitrogens with one attached hydrogen (secondary N) is 1. The van der Waals surface area contributed by atoms with E-state index in [1.165, 1.54) is 18.2 Å². The lowest BCUT2D eigenvalue weighted by Gasteiger charge is -2.07. The number of anilines is 1. The smallest absolute Gasteiger partial charge is 0.248 e. The van der Waals surface area contributed by atoms with E-state index in [-0.39, 0.29) is 5.69 Å². The van der Waals surface area contributed by atoms with Crippen molar-refractivity contribution in [2.45, 2.75) is 6.54 Å². The van der Waals surface area contributed by atoms with Crippen LogP contribution in [0.4, 0.5) is 10.1 Å². The van der Waals surface area contributed by atoms with E-state index < -0.39 is 11.7 Å². The maximum absolute atomic E-state index is 13.4. The Morgan fingerprint density at radius 3 is 2.88 bits per heavy atom. The zero-order chi connectivity index (χ0) is 12.3. The fourth-order valence-corrected chi connectivity index (χ4v) is 2.07. The normalized spacial score (nSPS) is 10.2. The van der Waals surface area contributed by atoms with Gasteiger partial charge in [-0.15, -0.1) is 0 Å². The summed E-state index contributed by atoms with van der Waals surface area (Å²) in [6.45, 7) is 0.517. The van der Waals surface area contributed by atoms with Crippen LogP contribution in [0.15, 0.2) is 35.0 Å². The van der Waals surface area contributed by atoms with Crippen LogP contribution in [0.2, 0.25) is 0 Å². The zero-order valence-corrected chi connectivity index (χ0v) is 9.76. The van der Waals surface area contributed by atoms with Crippen LogP contribution < -0.4 is 11.1 Å². The van der Waals surface area contributed by atoms with Crippen LogP contribution in [0.5, 0.6) is 0 Å². The second-order valence-corrected chi connectivity index (χ2v) is 4.32. The SMILES string of the molecule is NC(=O)c1ccc(F)c(NCc2ccsc2)c1. The number of carbonyl (C=O) groups excluding carboxylic acids is 1. The molecule has 1 aromatic carbocycles. The highest BCUT2D eigenvalue weighted by atomic mass is 32.1. The standard InChI is InChI=1S/C12H11FN2OS/c13-10-2-1-9(12(14)16)5-11(10)15-6-8-3-4-17-7-8/h1-5,7,15H,6H2,(H2,14,16). The monoisotopic (exact) mass is 250 g/mol. The van der Waals surface area contributed by atoms with E-state index in [1.807, 2.05) is 16.8 Å². The van der Waals surface area contributed by atoms with Gasteiger partial charge in [-0.05, 0) is 40.6 Å². The molecule has 3 N–H and O–H groups in total. The van der Waals surface area contributed by atoms with E-state index in [1.54, 1.807) is 11.3 Å². The quantitative estimate of drug-likeness (QED) is 0.876. The molecule has 0 aliphatic carbocycles. The third-order valence-electron chi connectivity index (χ3n) is 2.31. The van der Waals surface area contributed by atoms with Gasteiger partial charge in [-0.2, -0.15) is 11.3 Å². The van der Waals surface area contributed by atoms with Gasteiger partial charge in [-0.3, -0.25) is 4.79 Å². The van der Waals surface area contributed by atoms with Crippen molar-refractivity contribution >= 4 is 22.9 Å². The maximum Gasteiger partial charge on any atom is 0.248 e. The zero-order valence-electron chi connectivity index (χ0n) is 8.94. The van der Waals surface area contributed by atoms with Crippen LogP contribution in [-0.4, -0.2) is 5.91 Å². The van der Waals surface area contributed by atoms with Gasteiger partial charge in [0, 0.05) is 12.1 Å². The highest BCUT2D eigenvalue weighted by Gasteiger charge is 2.06. The second-order valence-electron chi connectivity index (χ2n) is 3.54. The van der Waals surface area contributed by atoms with Crippen molar-refractivity contribution < 1.29 is 9.18 Å². The highest BCUT2D eigenvalue weighted by Crippen LogP contribution is 2.17. The fraction of sp³-hybridized carbons (Fsp3) is 0.0833. The molecule has 0 aliphatic heterocycles. The van der Waals surface area contributed by atoms with Crippen LogP contribution in [0, 0.1) is 5.82 Å². The maximum atomic E-state index is 13.4. The number of hydrogen-bond acceptors (Lipinski definition) is 3. The van der Waals surface area contributed by atoms with Crippen molar-refractivity contribution in [3.05, 3.63) is 52.0 Å². The molecule has 0 aliphatic rings. The van der Waals surface area contributed by atoms with Crippen LogP contribution >= 0.6 is 11.3 Å². The van der Waals surface area contributed by atoms with Gasteiger partial charge in [0.15, 0.2) is 0 Å². The van der Waals surface area contributed by atoms with Crippen LogP contribution in [0.25, 0.3) is 0 Å². The van der Waals surface area contributed by atoms with Gasteiger partial charge in [0.25, 0.3) is 0 Å². The van der Waals surface area contributed by atoms with Crippen LogP contribution in [-0.2, 0) is 6.54 Å². The van der Waals surface area contributed by atoms with Gasteiger partial charge in [-0.25, -0.2) is 4.39 Å². The van der Waals surface area contributed by atoms with E-state index in [2.05, 4.69) is 5.32 Å². The lowest BCUT2D eigenvalue weighted by Crippen LogP contribution is -2.12. The molecule has 1 heterocycles. The predicted molar refractivity (Wildman–Crippen MR) is 66.6 cm³/mol. The lowest BCUT2D eigenvalue weighted by atomic mass is 10.2. The number of amides is 1. The summed E-state index contributed by atoms with van der Waals surface area (Å²) >= 11 is 1.58. The molecule has 0 unspecified atom stereocenters. The van der Waals surface area contributed by atoms with Crippen molar-refractivity contribution in [1.82, 2.24) is 0 Å². The van der Waals surface area contributed by atoms with Gasteiger partial charge in [0.2, 0.25) is 5.91 Å². The molecule has 0 bridgehead atoms. The first-order valence-corrected chi connectivity index (χ1v) is 5.95. The van der Waals surface area contributed by atoms with Gasteiger partial charge in [0.1, 0.15) is 5.82 Å². The summed E-state index contributed by atoms with van der Waals surface area (Å²) in [6.07, 6.45) is 0. The summed E-state index contributed by atoms with van der Waals surface area (Å²) in [5.74, 6) is -0.964. The summed E-state index contributed by atoms with van der Waals surface area (Å²) in [4.78, 5) is 11.0. The molecule has 17 heavy (non-hydrogen) atoms. The summed E-state index contributed by atoms with van der Waals surface area (Å²) in [5.41, 5.74) is 6.78. The molecule has 1 amide bonds. The van der Waals surface area contributed by atoms with E-state index >= 15 is 0 Å². The van der Waals surface area contributed by atoms with Crippen molar-refractivity contribution in [3.63, 3.8) is 0 Å². The first-order chi connectivity index (χ1) is 8.16. The Hall–Kier alpha value is -1.88. The van der Waals surface area contributed by atoms with Crippen molar-refractivity contribution in [1.29, 1.82) is 0 Å². The Morgan fingerprint density at radius 1 is 1.41 bits per heavy atom. The van der Waals surface area contributed by atoms with Crippen molar-refractivity contribution in [2.75, 3.05) is 5.32 Å². The Morgan fingerprint density at radius 2 is 2.24 bits per heavy atom. The Bertz CT molecular complexity index is 525. The average molecular weight is 250 g/mol. The number of rotatable bonds is 4. The summed E-state index contributed by atoms with van der Waals surface area (Å²) in [6, 6.07) is 5.97. The molecular formula is C12H11FN2OS. The molecule has 2 rings (SSSR count). The Kier molecular flexibility index (Phi) is 3.39. The molecule has 0 saturated heterocycles. The van der Waals surface area contributed by atoms with Gasteiger partial charge in [0.05, 0.1) is 5.69 Å². The Balaban J connectivity index is 2.14. The molecule has 2 aromatic rings. The van der Waals surface area contributed by atoms with E-state index in [0.717, 1.165) is 5.56 Å². The molecule has 1 aromatic heterocycles. The topological polar surface area (TPSA) is 55.1 Å². The number of carbonyl (C=O) groups is 1. The third kappa shape index (κ3) is 2.82. The third-order valence-corrected chi connectivity index (χ3v) is 3.05. The van der Waals surface area contributed by atoms with E-state index in [9.17, 15) is 9.18 Å². The van der Waals surface area contributed by atoms with E-state index in [0.29, 0.717) is 12.1 Å².